The number of hydrogen-bond donors (Lipinski definition) is 2. The third-order valence-corrected chi connectivity index (χ3v) is 3.87. The topological polar surface area (TPSA) is 70.9 Å². The second kappa shape index (κ2) is 6.04. The van der Waals surface area contributed by atoms with E-state index in [0.717, 1.165) is 27.8 Å². The fourth-order valence-corrected chi connectivity index (χ4v) is 2.64. The van der Waals surface area contributed by atoms with E-state index in [1.807, 2.05) is 48.7 Å². The summed E-state index contributed by atoms with van der Waals surface area (Å²) in [7, 11) is 0. The maximum Gasteiger partial charge on any atom is 0.251 e. The minimum atomic E-state index is -0.116. The zero-order valence-electron chi connectivity index (χ0n) is 12.8. The second-order valence-electron chi connectivity index (χ2n) is 5.52. The third-order valence-electron chi connectivity index (χ3n) is 3.87. The van der Waals surface area contributed by atoms with E-state index < -0.39 is 0 Å². The summed E-state index contributed by atoms with van der Waals surface area (Å²) in [4.78, 5) is 19.7. The van der Waals surface area contributed by atoms with E-state index in [2.05, 4.69) is 15.3 Å². The number of H-pyrrole nitrogens is 1. The van der Waals surface area contributed by atoms with Gasteiger partial charge in [-0.2, -0.15) is 0 Å². The van der Waals surface area contributed by atoms with Crippen LogP contribution in [-0.4, -0.2) is 15.9 Å². The van der Waals surface area contributed by atoms with Crippen LogP contribution < -0.4 is 5.32 Å². The highest BCUT2D eigenvalue weighted by Gasteiger charge is 2.08. The molecule has 2 N–H and O–H groups in total. The van der Waals surface area contributed by atoms with Gasteiger partial charge in [0.15, 0.2) is 0 Å². The van der Waals surface area contributed by atoms with Crippen molar-refractivity contribution in [1.29, 1.82) is 0 Å². The van der Waals surface area contributed by atoms with Crippen molar-refractivity contribution in [3.8, 4) is 11.3 Å². The average Bonchev–Trinajstić information content (AvgIpc) is 3.30. The first kappa shape index (κ1) is 14.3. The zero-order chi connectivity index (χ0) is 16.4. The van der Waals surface area contributed by atoms with Crippen LogP contribution >= 0.6 is 0 Å². The van der Waals surface area contributed by atoms with Crippen molar-refractivity contribution in [2.75, 3.05) is 0 Å². The molecule has 0 fully saturated rings. The second-order valence-corrected chi connectivity index (χ2v) is 5.52. The Morgan fingerprint density at radius 2 is 2.12 bits per heavy atom. The summed E-state index contributed by atoms with van der Waals surface area (Å²) in [6, 6.07) is 13.2. The SMILES string of the molecule is O=C(NCc1cncc(-c2ccco2)c1)c1ccc2cc[nH]c2c1. The normalized spacial score (nSPS) is 10.8. The lowest BCUT2D eigenvalue weighted by atomic mass is 10.1. The number of nitrogens with one attached hydrogen (secondary N) is 2. The average molecular weight is 317 g/mol. The standard InChI is InChI=1S/C19H15N3O2/c23-19(15-4-3-14-5-6-21-17(14)9-15)22-11-13-8-16(12-20-10-13)18-2-1-7-24-18/h1-10,12,21H,11H2,(H,22,23). The van der Waals surface area contributed by atoms with E-state index in [1.54, 1.807) is 18.7 Å². The highest BCUT2D eigenvalue weighted by Crippen LogP contribution is 2.19. The minimum absolute atomic E-state index is 0.116. The Bertz CT molecular complexity index is 987. The fourth-order valence-electron chi connectivity index (χ4n) is 2.64. The number of aromatic amines is 1. The van der Waals surface area contributed by atoms with Gasteiger partial charge in [-0.1, -0.05) is 6.07 Å². The molecular weight excluding hydrogens is 302 g/mol. The molecular formula is C19H15N3O2. The summed E-state index contributed by atoms with van der Waals surface area (Å²) < 4.78 is 5.37. The lowest BCUT2D eigenvalue weighted by Gasteiger charge is -2.06. The predicted octanol–water partition coefficient (Wildman–Crippen LogP) is 3.75. The van der Waals surface area contributed by atoms with Gasteiger partial charge in [-0.15, -0.1) is 0 Å². The smallest absolute Gasteiger partial charge is 0.251 e. The summed E-state index contributed by atoms with van der Waals surface area (Å²) in [5.41, 5.74) is 3.38. The van der Waals surface area contributed by atoms with Crippen LogP contribution in [0.1, 0.15) is 15.9 Å². The Morgan fingerprint density at radius 3 is 3.00 bits per heavy atom. The van der Waals surface area contributed by atoms with E-state index >= 15 is 0 Å². The molecule has 4 rings (SSSR count). The third kappa shape index (κ3) is 2.79. The molecule has 0 aliphatic carbocycles. The maximum absolute atomic E-state index is 12.3. The van der Waals surface area contributed by atoms with Crippen molar-refractivity contribution in [3.05, 3.63) is 78.4 Å². The van der Waals surface area contributed by atoms with Gasteiger partial charge in [0.2, 0.25) is 0 Å². The molecule has 0 saturated heterocycles. The van der Waals surface area contributed by atoms with E-state index in [-0.39, 0.29) is 5.91 Å². The van der Waals surface area contributed by atoms with Gasteiger partial charge in [-0.3, -0.25) is 9.78 Å². The number of fused-ring (bicyclic) bond motifs is 1. The summed E-state index contributed by atoms with van der Waals surface area (Å²) in [5.74, 6) is 0.641. The molecule has 0 radical (unpaired) electrons. The Hall–Kier alpha value is -3.34. The molecule has 0 aliphatic rings. The molecule has 0 atom stereocenters. The van der Waals surface area contributed by atoms with Gasteiger partial charge >= 0.3 is 0 Å². The Balaban J connectivity index is 1.48. The molecule has 5 heteroatoms. The summed E-state index contributed by atoms with van der Waals surface area (Å²) in [5, 5.41) is 4.01. The molecule has 1 aromatic carbocycles. The summed E-state index contributed by atoms with van der Waals surface area (Å²) in [6.07, 6.45) is 6.96. The first-order valence-electron chi connectivity index (χ1n) is 7.63. The molecule has 1 amide bonds. The largest absolute Gasteiger partial charge is 0.464 e. The highest BCUT2D eigenvalue weighted by atomic mass is 16.3. The molecule has 5 nitrogen and oxygen atoms in total. The summed E-state index contributed by atoms with van der Waals surface area (Å²) >= 11 is 0. The van der Waals surface area contributed by atoms with Gasteiger partial charge in [0.1, 0.15) is 5.76 Å². The molecule has 0 unspecified atom stereocenters. The Morgan fingerprint density at radius 1 is 1.17 bits per heavy atom. The van der Waals surface area contributed by atoms with E-state index in [0.29, 0.717) is 12.1 Å². The minimum Gasteiger partial charge on any atom is -0.464 e. The monoisotopic (exact) mass is 317 g/mol. The van der Waals surface area contributed by atoms with Crippen LogP contribution in [0.4, 0.5) is 0 Å². The predicted molar refractivity (Wildman–Crippen MR) is 91.4 cm³/mol. The number of carbonyl (C=O) groups is 1. The Labute approximate surface area is 138 Å². The highest BCUT2D eigenvalue weighted by molar-refractivity contribution is 5.97. The van der Waals surface area contributed by atoms with Gasteiger partial charge in [-0.25, -0.2) is 0 Å². The number of benzene rings is 1. The van der Waals surface area contributed by atoms with Crippen molar-refractivity contribution in [1.82, 2.24) is 15.3 Å². The van der Waals surface area contributed by atoms with Gasteiger partial charge in [0, 0.05) is 41.8 Å². The number of hydrogen-bond acceptors (Lipinski definition) is 3. The van der Waals surface area contributed by atoms with Crippen LogP contribution in [-0.2, 0) is 6.54 Å². The molecule has 4 aromatic rings. The number of amides is 1. The number of carbonyl (C=O) groups excluding carboxylic acids is 1. The Kier molecular flexibility index (Phi) is 3.59. The lowest BCUT2D eigenvalue weighted by molar-refractivity contribution is 0.0951. The van der Waals surface area contributed by atoms with E-state index in [9.17, 15) is 4.79 Å². The van der Waals surface area contributed by atoms with Gasteiger partial charge in [-0.05, 0) is 47.3 Å². The number of nitrogens with zero attached hydrogens (tertiary/aromatic N) is 1. The van der Waals surface area contributed by atoms with Crippen LogP contribution in [0.15, 0.2) is 71.7 Å². The molecule has 24 heavy (non-hydrogen) atoms. The number of aromatic nitrogens is 2. The molecule has 118 valence electrons. The number of furan rings is 1. The van der Waals surface area contributed by atoms with Crippen LogP contribution in [0.2, 0.25) is 0 Å². The molecule has 0 aliphatic heterocycles. The van der Waals surface area contributed by atoms with Crippen LogP contribution in [0, 0.1) is 0 Å². The quantitative estimate of drug-likeness (QED) is 0.602. The van der Waals surface area contributed by atoms with Crippen LogP contribution in [0.5, 0.6) is 0 Å². The zero-order valence-corrected chi connectivity index (χ0v) is 12.8. The van der Waals surface area contributed by atoms with E-state index in [4.69, 9.17) is 4.42 Å². The lowest BCUT2D eigenvalue weighted by Crippen LogP contribution is -2.22. The maximum atomic E-state index is 12.3. The molecule has 3 aromatic heterocycles. The first-order valence-corrected chi connectivity index (χ1v) is 7.63. The van der Waals surface area contributed by atoms with Crippen LogP contribution in [0.25, 0.3) is 22.2 Å². The van der Waals surface area contributed by atoms with Crippen molar-refractivity contribution >= 4 is 16.8 Å². The number of pyridine rings is 1. The molecule has 0 spiro atoms. The number of rotatable bonds is 4. The molecule has 0 saturated carbocycles. The van der Waals surface area contributed by atoms with Gasteiger partial charge in [0.05, 0.1) is 6.26 Å². The van der Waals surface area contributed by atoms with Crippen molar-refractivity contribution < 1.29 is 9.21 Å². The first-order chi connectivity index (χ1) is 11.8. The van der Waals surface area contributed by atoms with Crippen molar-refractivity contribution in [2.45, 2.75) is 6.54 Å². The van der Waals surface area contributed by atoms with Crippen LogP contribution in [0.3, 0.4) is 0 Å². The summed E-state index contributed by atoms with van der Waals surface area (Å²) in [6.45, 7) is 0.406. The van der Waals surface area contributed by atoms with Gasteiger partial charge < -0.3 is 14.7 Å². The van der Waals surface area contributed by atoms with Crippen molar-refractivity contribution in [2.24, 2.45) is 0 Å². The van der Waals surface area contributed by atoms with Gasteiger partial charge in [0.25, 0.3) is 5.91 Å². The van der Waals surface area contributed by atoms with Crippen molar-refractivity contribution in [3.63, 3.8) is 0 Å². The molecule has 0 bridgehead atoms. The molecule has 3 heterocycles. The fraction of sp³-hybridized carbons (Fsp3) is 0.0526. The van der Waals surface area contributed by atoms with E-state index in [1.165, 1.54) is 0 Å².